The molecule has 1 N–H and O–H groups in total. The molecule has 0 aromatic heterocycles. The van der Waals surface area contributed by atoms with Crippen molar-refractivity contribution in [2.24, 2.45) is 5.92 Å². The Morgan fingerprint density at radius 1 is 1.28 bits per heavy atom. The average molecular weight is 344 g/mol. The minimum Gasteiger partial charge on any atom is -0.376 e. The largest absolute Gasteiger partial charge is 0.376 e. The number of carbonyl (C=O) groups is 3. The smallest absolute Gasteiger partial charge is 0.262 e. The van der Waals surface area contributed by atoms with Crippen molar-refractivity contribution in [1.82, 2.24) is 10.2 Å². The number of benzene rings is 1. The summed E-state index contributed by atoms with van der Waals surface area (Å²) in [6, 6.07) is 5.91. The molecule has 0 saturated carbocycles. The molecule has 6 nitrogen and oxygen atoms in total. The second kappa shape index (κ2) is 7.35. The van der Waals surface area contributed by atoms with E-state index in [0.29, 0.717) is 30.7 Å². The van der Waals surface area contributed by atoms with Crippen molar-refractivity contribution >= 4 is 17.7 Å². The van der Waals surface area contributed by atoms with Crippen LogP contribution in [0.5, 0.6) is 0 Å². The van der Waals surface area contributed by atoms with Gasteiger partial charge in [0, 0.05) is 13.2 Å². The molecule has 3 amide bonds. The molecule has 2 aliphatic heterocycles. The topological polar surface area (TPSA) is 75.7 Å². The molecule has 2 aliphatic rings. The lowest BCUT2D eigenvalue weighted by Crippen LogP contribution is -2.53. The van der Waals surface area contributed by atoms with Crippen LogP contribution in [0.15, 0.2) is 24.3 Å². The fourth-order valence-corrected chi connectivity index (χ4v) is 3.44. The summed E-state index contributed by atoms with van der Waals surface area (Å²) in [6.45, 7) is 4.96. The highest BCUT2D eigenvalue weighted by Gasteiger charge is 2.44. The first-order valence-corrected chi connectivity index (χ1v) is 8.90. The standard InChI is InChI=1S/C19H24N2O4/c1-3-12(2)16(17(22)20-11-13-7-6-10-25-13)21-18(23)14-8-4-5-9-15(14)19(21)24/h4-5,8-9,12-13,16H,3,6-7,10-11H2,1-2H3,(H,20,22). The van der Waals surface area contributed by atoms with Gasteiger partial charge in [0.1, 0.15) is 6.04 Å². The van der Waals surface area contributed by atoms with E-state index >= 15 is 0 Å². The van der Waals surface area contributed by atoms with E-state index in [1.54, 1.807) is 24.3 Å². The molecule has 3 unspecified atom stereocenters. The molecule has 0 bridgehead atoms. The summed E-state index contributed by atoms with van der Waals surface area (Å²) >= 11 is 0. The van der Waals surface area contributed by atoms with Gasteiger partial charge < -0.3 is 10.1 Å². The molecule has 0 spiro atoms. The fourth-order valence-electron chi connectivity index (χ4n) is 3.44. The molecule has 6 heteroatoms. The van der Waals surface area contributed by atoms with Crippen LogP contribution in [0.4, 0.5) is 0 Å². The Kier molecular flexibility index (Phi) is 5.18. The van der Waals surface area contributed by atoms with Crippen LogP contribution in [-0.4, -0.2) is 47.9 Å². The normalized spacial score (nSPS) is 22.0. The van der Waals surface area contributed by atoms with Gasteiger partial charge in [-0.25, -0.2) is 0 Å². The van der Waals surface area contributed by atoms with Crippen LogP contribution < -0.4 is 5.32 Å². The van der Waals surface area contributed by atoms with Gasteiger partial charge in [0.25, 0.3) is 11.8 Å². The van der Waals surface area contributed by atoms with Crippen LogP contribution in [0.1, 0.15) is 53.8 Å². The van der Waals surface area contributed by atoms with E-state index in [-0.39, 0.29) is 17.9 Å². The number of carbonyl (C=O) groups excluding carboxylic acids is 3. The molecular weight excluding hydrogens is 320 g/mol. The number of fused-ring (bicyclic) bond motifs is 1. The minimum absolute atomic E-state index is 0.0173. The van der Waals surface area contributed by atoms with Gasteiger partial charge >= 0.3 is 0 Å². The number of imide groups is 1. The SMILES string of the molecule is CCC(C)C(C(=O)NCC1CCCO1)N1C(=O)c2ccccc2C1=O. The summed E-state index contributed by atoms with van der Waals surface area (Å²) in [5, 5.41) is 2.87. The zero-order valence-electron chi connectivity index (χ0n) is 14.7. The Morgan fingerprint density at radius 2 is 1.92 bits per heavy atom. The van der Waals surface area contributed by atoms with Gasteiger partial charge in [-0.2, -0.15) is 0 Å². The Bertz CT molecular complexity index is 647. The molecule has 25 heavy (non-hydrogen) atoms. The highest BCUT2D eigenvalue weighted by Crippen LogP contribution is 2.28. The maximum Gasteiger partial charge on any atom is 0.262 e. The molecule has 1 fully saturated rings. The molecule has 3 atom stereocenters. The van der Waals surface area contributed by atoms with E-state index in [1.807, 2.05) is 13.8 Å². The second-order valence-corrected chi connectivity index (χ2v) is 6.74. The van der Waals surface area contributed by atoms with Crippen molar-refractivity contribution in [3.63, 3.8) is 0 Å². The summed E-state index contributed by atoms with van der Waals surface area (Å²) in [5.74, 6) is -1.21. The summed E-state index contributed by atoms with van der Waals surface area (Å²) in [6.07, 6.45) is 2.61. The van der Waals surface area contributed by atoms with Gasteiger partial charge in [0.05, 0.1) is 17.2 Å². The van der Waals surface area contributed by atoms with Crippen LogP contribution in [0.2, 0.25) is 0 Å². The van der Waals surface area contributed by atoms with Crippen molar-refractivity contribution < 1.29 is 19.1 Å². The highest BCUT2D eigenvalue weighted by atomic mass is 16.5. The van der Waals surface area contributed by atoms with Crippen molar-refractivity contribution in [2.75, 3.05) is 13.2 Å². The summed E-state index contributed by atoms with van der Waals surface area (Å²) in [4.78, 5) is 39.4. The Balaban J connectivity index is 1.80. The first-order valence-electron chi connectivity index (χ1n) is 8.90. The zero-order chi connectivity index (χ0) is 18.0. The predicted octanol–water partition coefficient (Wildman–Crippen LogP) is 1.99. The Labute approximate surface area is 147 Å². The maximum atomic E-state index is 12.8. The van der Waals surface area contributed by atoms with Crippen molar-refractivity contribution in [3.8, 4) is 0 Å². The van der Waals surface area contributed by atoms with Crippen molar-refractivity contribution in [3.05, 3.63) is 35.4 Å². The second-order valence-electron chi connectivity index (χ2n) is 6.74. The van der Waals surface area contributed by atoms with Gasteiger partial charge in [-0.05, 0) is 30.9 Å². The third-order valence-corrected chi connectivity index (χ3v) is 5.08. The molecule has 1 aromatic carbocycles. The summed E-state index contributed by atoms with van der Waals surface area (Å²) < 4.78 is 5.53. The molecular formula is C19H24N2O4. The Hall–Kier alpha value is -2.21. The van der Waals surface area contributed by atoms with Crippen LogP contribution in [0, 0.1) is 5.92 Å². The van der Waals surface area contributed by atoms with Gasteiger partial charge in [-0.1, -0.05) is 32.4 Å². The lowest BCUT2D eigenvalue weighted by atomic mass is 9.96. The van der Waals surface area contributed by atoms with Gasteiger partial charge in [-0.3, -0.25) is 19.3 Å². The van der Waals surface area contributed by atoms with Crippen molar-refractivity contribution in [2.45, 2.75) is 45.3 Å². The van der Waals surface area contributed by atoms with Gasteiger partial charge in [0.2, 0.25) is 5.91 Å². The monoisotopic (exact) mass is 344 g/mol. The van der Waals surface area contributed by atoms with Crippen LogP contribution in [0.25, 0.3) is 0 Å². The summed E-state index contributed by atoms with van der Waals surface area (Å²) in [7, 11) is 0. The van der Waals surface area contributed by atoms with E-state index in [1.165, 1.54) is 0 Å². The molecule has 1 aromatic rings. The molecule has 134 valence electrons. The van der Waals surface area contributed by atoms with Gasteiger partial charge in [-0.15, -0.1) is 0 Å². The summed E-state index contributed by atoms with van der Waals surface area (Å²) in [5.41, 5.74) is 0.737. The van der Waals surface area contributed by atoms with E-state index < -0.39 is 17.9 Å². The Morgan fingerprint density at radius 3 is 2.44 bits per heavy atom. The maximum absolute atomic E-state index is 12.8. The first kappa shape index (κ1) is 17.6. The minimum atomic E-state index is -0.807. The van der Waals surface area contributed by atoms with E-state index in [9.17, 15) is 14.4 Å². The molecule has 0 radical (unpaired) electrons. The number of nitrogens with zero attached hydrogens (tertiary/aromatic N) is 1. The van der Waals surface area contributed by atoms with Crippen LogP contribution in [0.3, 0.4) is 0 Å². The van der Waals surface area contributed by atoms with E-state index in [0.717, 1.165) is 17.7 Å². The molecule has 3 rings (SSSR count). The lowest BCUT2D eigenvalue weighted by molar-refractivity contribution is -0.127. The van der Waals surface area contributed by atoms with Crippen molar-refractivity contribution in [1.29, 1.82) is 0 Å². The van der Waals surface area contributed by atoms with E-state index in [4.69, 9.17) is 4.74 Å². The number of hydrogen-bond acceptors (Lipinski definition) is 4. The molecule has 2 heterocycles. The first-order chi connectivity index (χ1) is 12.0. The number of amides is 3. The number of ether oxygens (including phenoxy) is 1. The lowest BCUT2D eigenvalue weighted by Gasteiger charge is -2.30. The highest BCUT2D eigenvalue weighted by molar-refractivity contribution is 6.22. The number of nitrogens with one attached hydrogen (secondary N) is 1. The quantitative estimate of drug-likeness (QED) is 0.801. The average Bonchev–Trinajstić information content (AvgIpc) is 3.23. The predicted molar refractivity (Wildman–Crippen MR) is 92.2 cm³/mol. The zero-order valence-corrected chi connectivity index (χ0v) is 14.7. The van der Waals surface area contributed by atoms with Crippen LogP contribution in [-0.2, 0) is 9.53 Å². The fraction of sp³-hybridized carbons (Fsp3) is 0.526. The van der Waals surface area contributed by atoms with Crippen LogP contribution >= 0.6 is 0 Å². The third-order valence-electron chi connectivity index (χ3n) is 5.08. The number of hydrogen-bond donors (Lipinski definition) is 1. The van der Waals surface area contributed by atoms with Gasteiger partial charge in [0.15, 0.2) is 0 Å². The number of rotatable bonds is 6. The van der Waals surface area contributed by atoms with E-state index in [2.05, 4.69) is 5.32 Å². The molecule has 0 aliphatic carbocycles. The molecule has 1 saturated heterocycles. The third kappa shape index (κ3) is 3.31.